The molecule has 8 heteroatoms. The van der Waals surface area contributed by atoms with Crippen molar-refractivity contribution in [1.29, 1.82) is 0 Å². The standard InChI is InChI=1S/C15H25F3N2O3/c16-15(17,18)11-2-1-3-12(6-11)20-14(22)19-7-13(21)9-23-8-10-4-5-10/h10-13,21H,1-9H2,(H2,19,20,22). The maximum absolute atomic E-state index is 12.7. The number of urea groups is 1. The van der Waals surface area contributed by atoms with Crippen LogP contribution in [0.15, 0.2) is 0 Å². The minimum absolute atomic E-state index is 0.0198. The molecule has 0 aromatic carbocycles. The second-order valence-corrected chi connectivity index (χ2v) is 6.59. The average molecular weight is 338 g/mol. The van der Waals surface area contributed by atoms with Crippen molar-refractivity contribution in [2.75, 3.05) is 19.8 Å². The molecule has 3 unspecified atom stereocenters. The summed E-state index contributed by atoms with van der Waals surface area (Å²) in [4.78, 5) is 11.7. The van der Waals surface area contributed by atoms with Gasteiger partial charge in [-0.1, -0.05) is 6.42 Å². The van der Waals surface area contributed by atoms with Crippen LogP contribution in [-0.2, 0) is 4.74 Å². The number of aliphatic hydroxyl groups excluding tert-OH is 1. The molecule has 2 rings (SSSR count). The molecule has 0 aliphatic heterocycles. The Balaban J connectivity index is 1.59. The van der Waals surface area contributed by atoms with Gasteiger partial charge >= 0.3 is 12.2 Å². The molecule has 0 heterocycles. The van der Waals surface area contributed by atoms with Gasteiger partial charge in [0.15, 0.2) is 0 Å². The highest BCUT2D eigenvalue weighted by Crippen LogP contribution is 2.37. The molecule has 23 heavy (non-hydrogen) atoms. The number of carbonyl (C=O) groups is 1. The molecular formula is C15H25F3N2O3. The number of halogens is 3. The summed E-state index contributed by atoms with van der Waals surface area (Å²) < 4.78 is 43.4. The van der Waals surface area contributed by atoms with Crippen LogP contribution in [-0.4, -0.2) is 49.2 Å². The van der Waals surface area contributed by atoms with Gasteiger partial charge < -0.3 is 20.5 Å². The summed E-state index contributed by atoms with van der Waals surface area (Å²) in [5, 5.41) is 14.7. The predicted octanol–water partition coefficient (Wildman–Crippen LogP) is 2.19. The lowest BCUT2D eigenvalue weighted by atomic mass is 9.85. The molecule has 2 fully saturated rings. The van der Waals surface area contributed by atoms with E-state index < -0.39 is 30.3 Å². The van der Waals surface area contributed by atoms with E-state index in [9.17, 15) is 23.1 Å². The Morgan fingerprint density at radius 3 is 2.65 bits per heavy atom. The zero-order valence-electron chi connectivity index (χ0n) is 13.1. The molecule has 0 bridgehead atoms. The average Bonchev–Trinajstić information content (AvgIpc) is 3.29. The number of aliphatic hydroxyl groups is 1. The Morgan fingerprint density at radius 2 is 2.00 bits per heavy atom. The molecule has 2 saturated carbocycles. The van der Waals surface area contributed by atoms with Gasteiger partial charge in [0.05, 0.1) is 18.6 Å². The van der Waals surface area contributed by atoms with Gasteiger partial charge in [-0.05, 0) is 38.0 Å². The topological polar surface area (TPSA) is 70.6 Å². The maximum atomic E-state index is 12.7. The van der Waals surface area contributed by atoms with Crippen LogP contribution in [0.2, 0.25) is 0 Å². The van der Waals surface area contributed by atoms with Crippen LogP contribution in [0.1, 0.15) is 38.5 Å². The van der Waals surface area contributed by atoms with Crippen molar-refractivity contribution in [2.24, 2.45) is 11.8 Å². The lowest BCUT2D eigenvalue weighted by Crippen LogP contribution is -2.47. The number of rotatable bonds is 7. The summed E-state index contributed by atoms with van der Waals surface area (Å²) in [7, 11) is 0. The third-order valence-corrected chi connectivity index (χ3v) is 4.33. The number of amides is 2. The van der Waals surface area contributed by atoms with Crippen LogP contribution in [0.5, 0.6) is 0 Å². The van der Waals surface area contributed by atoms with E-state index in [2.05, 4.69) is 10.6 Å². The smallest absolute Gasteiger partial charge is 0.389 e. The molecule has 3 atom stereocenters. The Hall–Kier alpha value is -1.02. The Kier molecular flexibility index (Phi) is 6.52. The second kappa shape index (κ2) is 8.19. The molecule has 0 saturated heterocycles. The van der Waals surface area contributed by atoms with Gasteiger partial charge in [0.1, 0.15) is 0 Å². The van der Waals surface area contributed by atoms with E-state index in [4.69, 9.17) is 4.74 Å². The molecule has 2 aliphatic rings. The monoisotopic (exact) mass is 338 g/mol. The van der Waals surface area contributed by atoms with E-state index in [1.807, 2.05) is 0 Å². The van der Waals surface area contributed by atoms with Crippen molar-refractivity contribution in [3.63, 3.8) is 0 Å². The lowest BCUT2D eigenvalue weighted by Gasteiger charge is -2.31. The first kappa shape index (κ1) is 18.3. The molecule has 0 aromatic heterocycles. The van der Waals surface area contributed by atoms with Gasteiger partial charge in [-0.2, -0.15) is 13.2 Å². The number of nitrogens with one attached hydrogen (secondary N) is 2. The molecule has 5 nitrogen and oxygen atoms in total. The predicted molar refractivity (Wildman–Crippen MR) is 77.9 cm³/mol. The summed E-state index contributed by atoms with van der Waals surface area (Å²) in [6, 6.07) is -1.02. The number of hydrogen-bond acceptors (Lipinski definition) is 3. The summed E-state index contributed by atoms with van der Waals surface area (Å²) >= 11 is 0. The quantitative estimate of drug-likeness (QED) is 0.666. The van der Waals surface area contributed by atoms with E-state index in [1.54, 1.807) is 0 Å². The van der Waals surface area contributed by atoms with Crippen molar-refractivity contribution >= 4 is 6.03 Å². The van der Waals surface area contributed by atoms with Crippen molar-refractivity contribution in [3.05, 3.63) is 0 Å². The fraction of sp³-hybridized carbons (Fsp3) is 0.933. The number of hydrogen-bond donors (Lipinski definition) is 3. The van der Waals surface area contributed by atoms with E-state index in [0.717, 1.165) is 12.8 Å². The molecule has 0 radical (unpaired) electrons. The van der Waals surface area contributed by atoms with Gasteiger partial charge in [0.25, 0.3) is 0 Å². The number of carbonyl (C=O) groups excluding carboxylic acids is 1. The SMILES string of the molecule is O=C(NCC(O)COCC1CC1)NC1CCCC(C(F)(F)F)C1. The first-order chi connectivity index (χ1) is 10.8. The zero-order chi connectivity index (χ0) is 16.9. The maximum Gasteiger partial charge on any atom is 0.391 e. The summed E-state index contributed by atoms with van der Waals surface area (Å²) in [6.45, 7) is 0.798. The minimum Gasteiger partial charge on any atom is -0.389 e. The van der Waals surface area contributed by atoms with Crippen molar-refractivity contribution in [1.82, 2.24) is 10.6 Å². The van der Waals surface area contributed by atoms with Gasteiger partial charge in [-0.15, -0.1) is 0 Å². The first-order valence-electron chi connectivity index (χ1n) is 8.21. The van der Waals surface area contributed by atoms with E-state index >= 15 is 0 Å². The summed E-state index contributed by atoms with van der Waals surface area (Å²) in [5.74, 6) is -0.741. The van der Waals surface area contributed by atoms with Crippen LogP contribution in [0.3, 0.4) is 0 Å². The fourth-order valence-electron chi connectivity index (χ4n) is 2.78. The second-order valence-electron chi connectivity index (χ2n) is 6.59. The molecule has 2 aliphatic carbocycles. The van der Waals surface area contributed by atoms with Gasteiger partial charge in [0, 0.05) is 19.2 Å². The third-order valence-electron chi connectivity index (χ3n) is 4.33. The lowest BCUT2D eigenvalue weighted by molar-refractivity contribution is -0.183. The highest BCUT2D eigenvalue weighted by Gasteiger charge is 2.42. The zero-order valence-corrected chi connectivity index (χ0v) is 13.1. The molecule has 3 N–H and O–H groups in total. The third kappa shape index (κ3) is 6.95. The van der Waals surface area contributed by atoms with Crippen LogP contribution < -0.4 is 10.6 Å². The molecule has 2 amide bonds. The molecule has 134 valence electrons. The van der Waals surface area contributed by atoms with E-state index in [-0.39, 0.29) is 26.0 Å². The van der Waals surface area contributed by atoms with Crippen LogP contribution in [0.25, 0.3) is 0 Å². The minimum atomic E-state index is -4.20. The van der Waals surface area contributed by atoms with Gasteiger partial charge in [0.2, 0.25) is 0 Å². The van der Waals surface area contributed by atoms with Crippen LogP contribution in [0, 0.1) is 11.8 Å². The number of alkyl halides is 3. The van der Waals surface area contributed by atoms with E-state index in [1.165, 1.54) is 0 Å². The van der Waals surface area contributed by atoms with Crippen molar-refractivity contribution in [3.8, 4) is 0 Å². The largest absolute Gasteiger partial charge is 0.391 e. The summed E-state index contributed by atoms with van der Waals surface area (Å²) in [5.41, 5.74) is 0. The van der Waals surface area contributed by atoms with E-state index in [0.29, 0.717) is 25.4 Å². The fourth-order valence-corrected chi connectivity index (χ4v) is 2.78. The molecular weight excluding hydrogens is 313 g/mol. The van der Waals surface area contributed by atoms with Gasteiger partial charge in [-0.25, -0.2) is 4.79 Å². The molecule has 0 spiro atoms. The van der Waals surface area contributed by atoms with Crippen LogP contribution in [0.4, 0.5) is 18.0 Å². The Labute approximate surface area is 134 Å². The first-order valence-corrected chi connectivity index (χ1v) is 8.21. The molecule has 0 aromatic rings. The van der Waals surface area contributed by atoms with Crippen LogP contribution >= 0.6 is 0 Å². The highest BCUT2D eigenvalue weighted by molar-refractivity contribution is 5.74. The Morgan fingerprint density at radius 1 is 1.26 bits per heavy atom. The van der Waals surface area contributed by atoms with Gasteiger partial charge in [-0.3, -0.25) is 0 Å². The summed E-state index contributed by atoms with van der Waals surface area (Å²) in [6.07, 6.45) is -1.64. The Bertz CT molecular complexity index is 389. The highest BCUT2D eigenvalue weighted by atomic mass is 19.4. The number of ether oxygens (including phenoxy) is 1. The van der Waals surface area contributed by atoms with Crippen molar-refractivity contribution < 1.29 is 27.8 Å². The van der Waals surface area contributed by atoms with Crippen molar-refractivity contribution in [2.45, 2.75) is 56.8 Å². The normalized spacial score (nSPS) is 26.6.